The average molecular weight is 686 g/mol. The maximum Gasteiger partial charge on any atom is 0.264 e. The first-order chi connectivity index (χ1) is 23.1. The van der Waals surface area contributed by atoms with Crippen LogP contribution in [-0.4, -0.2) is 65.4 Å². The number of hydrogen-bond donors (Lipinski definition) is 1. The number of ether oxygens (including phenoxy) is 1. The number of nitrogens with zero attached hydrogens (tertiary/aromatic N) is 6. The molecule has 12 heteroatoms. The van der Waals surface area contributed by atoms with Gasteiger partial charge in [-0.15, -0.1) is 0 Å². The van der Waals surface area contributed by atoms with Crippen LogP contribution in [-0.2, 0) is 16.6 Å². The molecule has 2 aromatic heterocycles. The summed E-state index contributed by atoms with van der Waals surface area (Å²) in [5.74, 6) is 0.981. The van der Waals surface area contributed by atoms with Crippen LogP contribution in [0.25, 0.3) is 11.3 Å². The Labute approximate surface area is 290 Å². The van der Waals surface area contributed by atoms with Gasteiger partial charge in [-0.3, -0.25) is 9.78 Å². The van der Waals surface area contributed by atoms with Gasteiger partial charge in [0.1, 0.15) is 12.4 Å². The quantitative estimate of drug-likeness (QED) is 0.216. The maximum absolute atomic E-state index is 14.5. The first kappa shape index (κ1) is 35.7. The molecule has 5 rings (SSSR count). The summed E-state index contributed by atoms with van der Waals surface area (Å²) in [4.78, 5) is 36.7. The maximum atomic E-state index is 14.5. The molecule has 11 nitrogen and oxygen atoms in total. The number of sulfonamides is 1. The van der Waals surface area contributed by atoms with Crippen molar-refractivity contribution in [2.45, 2.75) is 78.8 Å². The summed E-state index contributed by atoms with van der Waals surface area (Å²) < 4.78 is 36.3. The first-order valence-corrected chi connectivity index (χ1v) is 18.1. The molecule has 1 N–H and O–H groups in total. The predicted octanol–water partition coefficient (Wildman–Crippen LogP) is 6.67. The van der Waals surface area contributed by atoms with Crippen molar-refractivity contribution in [3.63, 3.8) is 0 Å². The third kappa shape index (κ3) is 8.91. The summed E-state index contributed by atoms with van der Waals surface area (Å²) in [6, 6.07) is 13.2. The number of benzene rings is 2. The zero-order chi connectivity index (χ0) is 35.5. The molecule has 0 saturated heterocycles. The van der Waals surface area contributed by atoms with Crippen molar-refractivity contribution in [1.82, 2.24) is 24.8 Å². The monoisotopic (exact) mass is 685 g/mol. The van der Waals surface area contributed by atoms with Gasteiger partial charge in [0.2, 0.25) is 11.8 Å². The molecule has 260 valence electrons. The molecule has 0 unspecified atom stereocenters. The van der Waals surface area contributed by atoms with Gasteiger partial charge in [-0.2, -0.15) is 4.98 Å². The average Bonchev–Trinajstić information content (AvgIpc) is 3.03. The summed E-state index contributed by atoms with van der Waals surface area (Å²) in [7, 11) is -2.19. The van der Waals surface area contributed by atoms with E-state index >= 15 is 0 Å². The second kappa shape index (κ2) is 14.5. The van der Waals surface area contributed by atoms with Crippen LogP contribution in [0.15, 0.2) is 65.8 Å². The second-order valence-electron chi connectivity index (χ2n) is 14.5. The van der Waals surface area contributed by atoms with Gasteiger partial charge in [0, 0.05) is 30.8 Å². The number of carbonyl (C=O) groups is 1. The van der Waals surface area contributed by atoms with E-state index in [9.17, 15) is 13.2 Å². The van der Waals surface area contributed by atoms with E-state index in [2.05, 4.69) is 59.2 Å². The van der Waals surface area contributed by atoms with Crippen molar-refractivity contribution < 1.29 is 17.9 Å². The number of hydrogen-bond acceptors (Lipinski definition) is 9. The molecule has 49 heavy (non-hydrogen) atoms. The summed E-state index contributed by atoms with van der Waals surface area (Å²) in [5, 5.41) is 0. The molecular weight excluding hydrogens is 639 g/mol. The van der Waals surface area contributed by atoms with Gasteiger partial charge in [0.15, 0.2) is 0 Å². The lowest BCUT2D eigenvalue weighted by Gasteiger charge is -2.35. The normalized spacial score (nSPS) is 16.2. The van der Waals surface area contributed by atoms with Crippen LogP contribution in [0.4, 0.5) is 11.8 Å². The van der Waals surface area contributed by atoms with Gasteiger partial charge >= 0.3 is 0 Å². The zero-order valence-electron chi connectivity index (χ0n) is 29.7. The Hall–Kier alpha value is -4.58. The summed E-state index contributed by atoms with van der Waals surface area (Å²) in [6.07, 6.45) is 4.98. The Kier molecular flexibility index (Phi) is 10.6. The molecule has 1 aliphatic heterocycles. The van der Waals surface area contributed by atoms with E-state index in [1.165, 1.54) is 12.1 Å². The van der Waals surface area contributed by atoms with Crippen LogP contribution >= 0.6 is 0 Å². The smallest absolute Gasteiger partial charge is 0.264 e. The molecule has 1 amide bonds. The Bertz CT molecular complexity index is 1900. The van der Waals surface area contributed by atoms with E-state index in [4.69, 9.17) is 9.72 Å². The van der Waals surface area contributed by atoms with Gasteiger partial charge in [-0.1, -0.05) is 58.9 Å². The van der Waals surface area contributed by atoms with E-state index in [-0.39, 0.29) is 46.8 Å². The van der Waals surface area contributed by atoms with Crippen molar-refractivity contribution in [2.75, 3.05) is 29.8 Å². The highest BCUT2D eigenvalue weighted by Crippen LogP contribution is 2.32. The van der Waals surface area contributed by atoms with Crippen LogP contribution in [0, 0.1) is 25.2 Å². The second-order valence-corrected chi connectivity index (χ2v) is 16.1. The van der Waals surface area contributed by atoms with Crippen molar-refractivity contribution >= 4 is 27.7 Å². The number of anilines is 2. The standard InChI is InChI=1S/C37H47N7O4S/c1-24(2)15-16-43(8)32-21-38-20-28(39-32)22-44-29(19-37(5,6)7)23-48-33-18-31(34-25(3)11-9-12-26(34)4)40-36(41-33)42-49(46,47)30-14-10-13-27(17-30)35(44)45/h9-14,17-18,20-21,24,29H,15-16,19,22-23H2,1-8H3,(H,40,41,42)/t29-/m1/s1. The number of carbonyl (C=O) groups excluding carboxylic acids is 1. The third-order valence-electron chi connectivity index (χ3n) is 8.47. The minimum absolute atomic E-state index is 0.0815. The fourth-order valence-corrected chi connectivity index (χ4v) is 6.93. The van der Waals surface area contributed by atoms with E-state index in [1.54, 1.807) is 35.5 Å². The number of fused-ring (bicyclic) bond motifs is 4. The molecule has 2 aromatic carbocycles. The fraction of sp³-hybridized carbons (Fsp3) is 0.432. The highest BCUT2D eigenvalue weighted by molar-refractivity contribution is 7.92. The molecule has 4 bridgehead atoms. The summed E-state index contributed by atoms with van der Waals surface area (Å²) >= 11 is 0. The molecular formula is C37H47N7O4S. The van der Waals surface area contributed by atoms with Gasteiger partial charge in [0.25, 0.3) is 15.9 Å². The molecule has 0 radical (unpaired) electrons. The molecule has 0 aliphatic carbocycles. The minimum Gasteiger partial charge on any atom is -0.475 e. The number of nitrogens with one attached hydrogen (secondary N) is 1. The van der Waals surface area contributed by atoms with E-state index in [0.717, 1.165) is 29.7 Å². The number of aromatic nitrogens is 4. The van der Waals surface area contributed by atoms with Crippen molar-refractivity contribution in [3.05, 3.63) is 83.3 Å². The summed E-state index contributed by atoms with van der Waals surface area (Å²) in [6.45, 7) is 15.7. The molecule has 0 fully saturated rings. The lowest BCUT2D eigenvalue weighted by molar-refractivity contribution is 0.0509. The topological polar surface area (TPSA) is 131 Å². The number of amides is 1. The van der Waals surface area contributed by atoms with Gasteiger partial charge in [0.05, 0.1) is 41.3 Å². The lowest BCUT2D eigenvalue weighted by Crippen LogP contribution is -2.45. The first-order valence-electron chi connectivity index (χ1n) is 16.6. The molecule has 1 aliphatic rings. The van der Waals surface area contributed by atoms with E-state index in [0.29, 0.717) is 29.5 Å². The molecule has 0 spiro atoms. The lowest BCUT2D eigenvalue weighted by atomic mass is 9.87. The molecule has 0 saturated carbocycles. The minimum atomic E-state index is -4.18. The van der Waals surface area contributed by atoms with E-state index in [1.807, 2.05) is 39.1 Å². The van der Waals surface area contributed by atoms with Gasteiger partial charge < -0.3 is 14.5 Å². The summed E-state index contributed by atoms with van der Waals surface area (Å²) in [5.41, 5.74) is 3.98. The molecule has 1 atom stereocenters. The van der Waals surface area contributed by atoms with Crippen molar-refractivity contribution in [3.8, 4) is 17.1 Å². The number of aryl methyl sites for hydroxylation is 2. The SMILES string of the molecule is Cc1cccc(C)c1-c1cc2nc(n1)NS(=O)(=O)c1cccc(c1)C(=O)N(Cc1cncc(N(C)CCC(C)C)n1)[C@H](CC(C)(C)C)CO2. The Morgan fingerprint density at radius 2 is 1.73 bits per heavy atom. The van der Waals surface area contributed by atoms with Crippen molar-refractivity contribution in [1.29, 1.82) is 0 Å². The van der Waals surface area contributed by atoms with Crippen LogP contribution in [0.2, 0.25) is 0 Å². The van der Waals surface area contributed by atoms with Crippen LogP contribution in [0.5, 0.6) is 5.88 Å². The van der Waals surface area contributed by atoms with Gasteiger partial charge in [-0.05, 0) is 67.3 Å². The zero-order valence-corrected chi connectivity index (χ0v) is 30.5. The Morgan fingerprint density at radius 3 is 2.43 bits per heavy atom. The fourth-order valence-electron chi connectivity index (χ4n) is 5.94. The molecule has 3 heterocycles. The third-order valence-corrected chi connectivity index (χ3v) is 9.79. The van der Waals surface area contributed by atoms with Gasteiger partial charge in [-0.25, -0.2) is 23.1 Å². The van der Waals surface area contributed by atoms with Crippen LogP contribution < -0.4 is 14.4 Å². The highest BCUT2D eigenvalue weighted by Gasteiger charge is 2.32. The largest absolute Gasteiger partial charge is 0.475 e. The predicted molar refractivity (Wildman–Crippen MR) is 192 cm³/mol. The van der Waals surface area contributed by atoms with E-state index < -0.39 is 16.1 Å². The van der Waals surface area contributed by atoms with Crippen LogP contribution in [0.1, 0.15) is 74.6 Å². The number of rotatable bonds is 8. The Balaban J connectivity index is 1.62. The Morgan fingerprint density at radius 1 is 1.02 bits per heavy atom. The molecule has 4 aromatic rings. The van der Waals surface area contributed by atoms with Crippen LogP contribution in [0.3, 0.4) is 0 Å². The van der Waals surface area contributed by atoms with Crippen molar-refractivity contribution in [2.24, 2.45) is 11.3 Å². The highest BCUT2D eigenvalue weighted by atomic mass is 32.2.